The molecule has 1 fully saturated rings. The average molecular weight is 310 g/mol. The van der Waals surface area contributed by atoms with Crippen LogP contribution in [0.25, 0.3) is 0 Å². The summed E-state index contributed by atoms with van der Waals surface area (Å²) in [6.07, 6.45) is 0. The van der Waals surface area contributed by atoms with E-state index in [2.05, 4.69) is 26.6 Å². The lowest BCUT2D eigenvalue weighted by molar-refractivity contribution is 0.416. The van der Waals surface area contributed by atoms with Crippen LogP contribution >= 0.6 is 28.3 Å². The molecule has 1 aromatic carbocycles. The first-order chi connectivity index (χ1) is 7.18. The standard InChI is InChI=1S/C11H14BrFN2.ClH/c1-7-4-8(12)5-9(11(7)13)10-6-14-2-3-15-10;/h4-5,10,14-15H,2-3,6H2,1H3;1H/t10-;/m1./s1. The minimum absolute atomic E-state index is 0. The number of aryl methyl sites for hydroxylation is 1. The van der Waals surface area contributed by atoms with Crippen molar-refractivity contribution in [3.63, 3.8) is 0 Å². The van der Waals surface area contributed by atoms with Gasteiger partial charge >= 0.3 is 0 Å². The van der Waals surface area contributed by atoms with Crippen LogP contribution in [-0.4, -0.2) is 19.6 Å². The lowest BCUT2D eigenvalue weighted by atomic mass is 10.0. The zero-order valence-electron chi connectivity index (χ0n) is 9.02. The highest BCUT2D eigenvalue weighted by atomic mass is 79.9. The molecule has 1 heterocycles. The lowest BCUT2D eigenvalue weighted by Crippen LogP contribution is -2.43. The number of hydrogen-bond donors (Lipinski definition) is 2. The van der Waals surface area contributed by atoms with Crippen molar-refractivity contribution < 1.29 is 4.39 Å². The minimum Gasteiger partial charge on any atom is -0.314 e. The number of piperazine rings is 1. The summed E-state index contributed by atoms with van der Waals surface area (Å²) < 4.78 is 14.8. The maximum Gasteiger partial charge on any atom is 0.131 e. The highest BCUT2D eigenvalue weighted by Crippen LogP contribution is 2.25. The van der Waals surface area contributed by atoms with Gasteiger partial charge in [0.05, 0.1) is 0 Å². The Kier molecular flexibility index (Phi) is 5.18. The second kappa shape index (κ2) is 5.96. The Morgan fingerprint density at radius 2 is 2.12 bits per heavy atom. The molecule has 2 nitrogen and oxygen atoms in total. The Morgan fingerprint density at radius 1 is 1.38 bits per heavy atom. The second-order valence-electron chi connectivity index (χ2n) is 3.84. The van der Waals surface area contributed by atoms with Crippen molar-refractivity contribution in [2.45, 2.75) is 13.0 Å². The highest BCUT2D eigenvalue weighted by molar-refractivity contribution is 9.10. The fourth-order valence-corrected chi connectivity index (χ4v) is 2.47. The molecule has 1 aromatic rings. The Bertz CT molecular complexity index is 367. The molecule has 0 radical (unpaired) electrons. The van der Waals surface area contributed by atoms with Crippen molar-refractivity contribution in [3.05, 3.63) is 33.5 Å². The SMILES string of the molecule is Cc1cc(Br)cc([C@H]2CNCCN2)c1F.Cl. The lowest BCUT2D eigenvalue weighted by Gasteiger charge is -2.25. The van der Waals surface area contributed by atoms with Crippen LogP contribution in [0.2, 0.25) is 0 Å². The Labute approximate surface area is 110 Å². The predicted molar refractivity (Wildman–Crippen MR) is 69.7 cm³/mol. The Morgan fingerprint density at radius 3 is 2.75 bits per heavy atom. The summed E-state index contributed by atoms with van der Waals surface area (Å²) in [4.78, 5) is 0. The van der Waals surface area contributed by atoms with Crippen molar-refractivity contribution in [2.24, 2.45) is 0 Å². The molecule has 2 rings (SSSR count). The van der Waals surface area contributed by atoms with Crippen LogP contribution in [0, 0.1) is 12.7 Å². The molecule has 0 amide bonds. The van der Waals surface area contributed by atoms with Crippen LogP contribution in [0.1, 0.15) is 17.2 Å². The number of hydrogen-bond acceptors (Lipinski definition) is 2. The maximum atomic E-state index is 13.9. The van der Waals surface area contributed by atoms with Crippen LogP contribution < -0.4 is 10.6 Å². The van der Waals surface area contributed by atoms with Crippen LogP contribution in [0.4, 0.5) is 4.39 Å². The molecule has 0 saturated carbocycles. The van der Waals surface area contributed by atoms with E-state index >= 15 is 0 Å². The van der Waals surface area contributed by atoms with Gasteiger partial charge in [0, 0.05) is 35.7 Å². The fourth-order valence-electron chi connectivity index (χ4n) is 1.88. The van der Waals surface area contributed by atoms with Crippen molar-refractivity contribution in [1.29, 1.82) is 0 Å². The van der Waals surface area contributed by atoms with Crippen LogP contribution in [0.5, 0.6) is 0 Å². The Balaban J connectivity index is 0.00000128. The molecule has 0 spiro atoms. The van der Waals surface area contributed by atoms with Gasteiger partial charge in [-0.3, -0.25) is 0 Å². The first kappa shape index (κ1) is 13.9. The van der Waals surface area contributed by atoms with E-state index in [1.54, 1.807) is 13.0 Å². The number of halogens is 3. The van der Waals surface area contributed by atoms with Crippen molar-refractivity contribution in [1.82, 2.24) is 10.6 Å². The van der Waals surface area contributed by atoms with E-state index in [4.69, 9.17) is 0 Å². The maximum absolute atomic E-state index is 13.9. The molecule has 90 valence electrons. The van der Waals surface area contributed by atoms with Crippen LogP contribution in [0.15, 0.2) is 16.6 Å². The number of benzene rings is 1. The zero-order valence-corrected chi connectivity index (χ0v) is 11.4. The third-order valence-electron chi connectivity index (χ3n) is 2.66. The number of rotatable bonds is 1. The molecule has 1 aliphatic heterocycles. The van der Waals surface area contributed by atoms with Gasteiger partial charge in [-0.25, -0.2) is 4.39 Å². The van der Waals surface area contributed by atoms with Gasteiger partial charge in [-0.1, -0.05) is 15.9 Å². The summed E-state index contributed by atoms with van der Waals surface area (Å²) in [5.41, 5.74) is 1.43. The highest BCUT2D eigenvalue weighted by Gasteiger charge is 2.19. The average Bonchev–Trinajstić information content (AvgIpc) is 2.24. The van der Waals surface area contributed by atoms with Crippen molar-refractivity contribution in [3.8, 4) is 0 Å². The van der Waals surface area contributed by atoms with Crippen LogP contribution in [-0.2, 0) is 0 Å². The van der Waals surface area contributed by atoms with Gasteiger partial charge in [-0.2, -0.15) is 0 Å². The molecular formula is C11H15BrClFN2. The number of nitrogens with one attached hydrogen (secondary N) is 2. The summed E-state index contributed by atoms with van der Waals surface area (Å²) in [5.74, 6) is -0.0978. The van der Waals surface area contributed by atoms with E-state index in [0.29, 0.717) is 5.56 Å². The van der Waals surface area contributed by atoms with E-state index in [1.807, 2.05) is 6.07 Å². The monoisotopic (exact) mass is 308 g/mol. The molecule has 1 aliphatic rings. The topological polar surface area (TPSA) is 24.1 Å². The van der Waals surface area contributed by atoms with E-state index in [0.717, 1.165) is 29.7 Å². The van der Waals surface area contributed by atoms with Crippen molar-refractivity contribution in [2.75, 3.05) is 19.6 Å². The van der Waals surface area contributed by atoms with Gasteiger partial charge in [0.2, 0.25) is 0 Å². The molecule has 1 atom stereocenters. The molecule has 0 bridgehead atoms. The van der Waals surface area contributed by atoms with Gasteiger partial charge in [-0.05, 0) is 24.6 Å². The van der Waals surface area contributed by atoms with E-state index in [1.165, 1.54) is 0 Å². The van der Waals surface area contributed by atoms with Gasteiger partial charge in [0.1, 0.15) is 5.82 Å². The molecule has 0 aliphatic carbocycles. The van der Waals surface area contributed by atoms with Crippen LogP contribution in [0.3, 0.4) is 0 Å². The zero-order chi connectivity index (χ0) is 10.8. The third kappa shape index (κ3) is 2.94. The van der Waals surface area contributed by atoms with Gasteiger partial charge in [0.15, 0.2) is 0 Å². The predicted octanol–water partition coefficient (Wildman–Crippen LogP) is 2.55. The summed E-state index contributed by atoms with van der Waals surface area (Å²) in [5, 5.41) is 6.56. The molecule has 2 N–H and O–H groups in total. The fraction of sp³-hybridized carbons (Fsp3) is 0.455. The molecule has 5 heteroatoms. The molecule has 16 heavy (non-hydrogen) atoms. The minimum atomic E-state index is -0.0978. The summed E-state index contributed by atoms with van der Waals surface area (Å²) in [7, 11) is 0. The van der Waals surface area contributed by atoms with Gasteiger partial charge in [0.25, 0.3) is 0 Å². The van der Waals surface area contributed by atoms with E-state index < -0.39 is 0 Å². The molecular weight excluding hydrogens is 294 g/mol. The third-order valence-corrected chi connectivity index (χ3v) is 3.12. The quantitative estimate of drug-likeness (QED) is 0.833. The summed E-state index contributed by atoms with van der Waals surface area (Å²) in [6, 6.07) is 3.73. The summed E-state index contributed by atoms with van der Waals surface area (Å²) in [6.45, 7) is 4.41. The normalized spacial score (nSPS) is 20.3. The largest absolute Gasteiger partial charge is 0.314 e. The second-order valence-corrected chi connectivity index (χ2v) is 4.75. The molecule has 1 saturated heterocycles. The first-order valence-electron chi connectivity index (χ1n) is 5.08. The van der Waals surface area contributed by atoms with Gasteiger partial charge < -0.3 is 10.6 Å². The smallest absolute Gasteiger partial charge is 0.131 e. The molecule has 0 aromatic heterocycles. The van der Waals surface area contributed by atoms with E-state index in [-0.39, 0.29) is 24.3 Å². The first-order valence-corrected chi connectivity index (χ1v) is 5.87. The summed E-state index contributed by atoms with van der Waals surface area (Å²) >= 11 is 3.40. The van der Waals surface area contributed by atoms with E-state index in [9.17, 15) is 4.39 Å². The van der Waals surface area contributed by atoms with Crippen molar-refractivity contribution >= 4 is 28.3 Å². The van der Waals surface area contributed by atoms with Gasteiger partial charge in [-0.15, -0.1) is 12.4 Å². The molecule has 0 unspecified atom stereocenters. The Hall–Kier alpha value is -0.160.